The van der Waals surface area contributed by atoms with Crippen LogP contribution in [0.4, 0.5) is 0 Å². The summed E-state index contributed by atoms with van der Waals surface area (Å²) in [4.78, 5) is 16.8. The number of furan rings is 1. The second-order valence-corrected chi connectivity index (χ2v) is 6.99. The number of hydrogen-bond acceptors (Lipinski definition) is 5. The number of thiazole rings is 1. The van der Waals surface area contributed by atoms with E-state index in [-0.39, 0.29) is 18.4 Å². The van der Waals surface area contributed by atoms with Crippen molar-refractivity contribution >= 4 is 17.2 Å². The van der Waals surface area contributed by atoms with Crippen LogP contribution in [-0.4, -0.2) is 24.0 Å². The number of carbonyl (C=O) groups is 1. The van der Waals surface area contributed by atoms with Gasteiger partial charge in [-0.2, -0.15) is 0 Å². The summed E-state index contributed by atoms with van der Waals surface area (Å²) in [6, 6.07) is 11.7. The predicted molar refractivity (Wildman–Crippen MR) is 102 cm³/mol. The van der Waals surface area contributed by atoms with Gasteiger partial charge in [0.05, 0.1) is 25.5 Å². The minimum Gasteiger partial charge on any atom is -0.497 e. The van der Waals surface area contributed by atoms with Crippen molar-refractivity contribution in [1.29, 1.82) is 0 Å². The standard InChI is InChI=1S/C20H22N2O3S/c1-14(5-8-18-4-3-11-25-18)21-19(23)12-16-13-26-20(22-16)15-6-9-17(24-2)10-7-15/h3-4,6-7,9-11,13-14H,5,8,12H2,1-2H3,(H,21,23)/t14-/m0/s1. The van der Waals surface area contributed by atoms with E-state index in [1.54, 1.807) is 24.7 Å². The van der Waals surface area contributed by atoms with Gasteiger partial charge in [-0.15, -0.1) is 11.3 Å². The summed E-state index contributed by atoms with van der Waals surface area (Å²) >= 11 is 1.54. The van der Waals surface area contributed by atoms with Crippen molar-refractivity contribution < 1.29 is 13.9 Å². The number of hydrogen-bond donors (Lipinski definition) is 1. The Morgan fingerprint density at radius 3 is 2.81 bits per heavy atom. The molecule has 0 bridgehead atoms. The molecule has 0 saturated heterocycles. The first-order valence-electron chi connectivity index (χ1n) is 8.54. The zero-order valence-corrected chi connectivity index (χ0v) is 15.7. The van der Waals surface area contributed by atoms with Crippen molar-refractivity contribution in [2.24, 2.45) is 0 Å². The number of nitrogens with one attached hydrogen (secondary N) is 1. The molecule has 136 valence electrons. The molecule has 0 aliphatic carbocycles. The Kier molecular flexibility index (Phi) is 6.07. The Labute approximate surface area is 157 Å². The fourth-order valence-electron chi connectivity index (χ4n) is 2.63. The second-order valence-electron chi connectivity index (χ2n) is 6.14. The molecule has 6 heteroatoms. The average molecular weight is 370 g/mol. The number of aryl methyl sites for hydroxylation is 1. The number of carbonyl (C=O) groups excluding carboxylic acids is 1. The molecule has 0 radical (unpaired) electrons. The molecule has 0 spiro atoms. The molecule has 1 atom stereocenters. The summed E-state index contributed by atoms with van der Waals surface area (Å²) in [5.41, 5.74) is 1.81. The highest BCUT2D eigenvalue weighted by molar-refractivity contribution is 7.13. The van der Waals surface area contributed by atoms with Crippen LogP contribution in [-0.2, 0) is 17.6 Å². The van der Waals surface area contributed by atoms with Crippen LogP contribution in [0.25, 0.3) is 10.6 Å². The minimum absolute atomic E-state index is 0.0106. The summed E-state index contributed by atoms with van der Waals surface area (Å²) < 4.78 is 10.5. The van der Waals surface area contributed by atoms with Gasteiger partial charge in [0.2, 0.25) is 5.91 Å². The van der Waals surface area contributed by atoms with E-state index in [0.29, 0.717) is 0 Å². The van der Waals surface area contributed by atoms with Crippen molar-refractivity contribution in [3.05, 3.63) is 59.5 Å². The van der Waals surface area contributed by atoms with Gasteiger partial charge in [0, 0.05) is 23.4 Å². The van der Waals surface area contributed by atoms with E-state index < -0.39 is 0 Å². The van der Waals surface area contributed by atoms with Crippen molar-refractivity contribution in [1.82, 2.24) is 10.3 Å². The summed E-state index contributed by atoms with van der Waals surface area (Å²) in [6.45, 7) is 2.00. The first kappa shape index (κ1) is 18.2. The molecule has 0 unspecified atom stereocenters. The Morgan fingerprint density at radius 2 is 2.12 bits per heavy atom. The van der Waals surface area contributed by atoms with Crippen molar-refractivity contribution in [3.8, 4) is 16.3 Å². The number of ether oxygens (including phenoxy) is 1. The first-order chi connectivity index (χ1) is 12.6. The van der Waals surface area contributed by atoms with Crippen LogP contribution in [0.2, 0.25) is 0 Å². The Hall–Kier alpha value is -2.60. The number of amides is 1. The van der Waals surface area contributed by atoms with Crippen LogP contribution in [0, 0.1) is 0 Å². The zero-order valence-electron chi connectivity index (χ0n) is 14.9. The molecule has 1 amide bonds. The Balaban J connectivity index is 1.50. The molecule has 2 heterocycles. The van der Waals surface area contributed by atoms with Crippen LogP contribution in [0.1, 0.15) is 24.8 Å². The number of nitrogens with zero attached hydrogens (tertiary/aromatic N) is 1. The van der Waals surface area contributed by atoms with Crippen LogP contribution in [0.3, 0.4) is 0 Å². The molecule has 0 aliphatic heterocycles. The van der Waals surface area contributed by atoms with E-state index in [4.69, 9.17) is 9.15 Å². The molecule has 1 aromatic carbocycles. The van der Waals surface area contributed by atoms with Gasteiger partial charge in [0.1, 0.15) is 16.5 Å². The maximum absolute atomic E-state index is 12.2. The molecule has 0 fully saturated rings. The van der Waals surface area contributed by atoms with Gasteiger partial charge in [-0.3, -0.25) is 4.79 Å². The second kappa shape index (κ2) is 8.67. The van der Waals surface area contributed by atoms with E-state index in [1.807, 2.05) is 48.7 Å². The van der Waals surface area contributed by atoms with Crippen molar-refractivity contribution in [2.75, 3.05) is 7.11 Å². The molecule has 0 aliphatic rings. The lowest BCUT2D eigenvalue weighted by molar-refractivity contribution is -0.121. The number of rotatable bonds is 8. The highest BCUT2D eigenvalue weighted by Gasteiger charge is 2.12. The monoisotopic (exact) mass is 370 g/mol. The topological polar surface area (TPSA) is 64.4 Å². The van der Waals surface area contributed by atoms with Crippen LogP contribution < -0.4 is 10.1 Å². The summed E-state index contributed by atoms with van der Waals surface area (Å²) in [6.07, 6.45) is 3.61. The van der Waals surface area contributed by atoms with Gasteiger partial charge in [0.15, 0.2) is 0 Å². The molecular weight excluding hydrogens is 348 g/mol. The van der Waals surface area contributed by atoms with E-state index in [1.165, 1.54) is 0 Å². The summed E-state index contributed by atoms with van der Waals surface area (Å²) in [5, 5.41) is 5.86. The Morgan fingerprint density at radius 1 is 1.31 bits per heavy atom. The lowest BCUT2D eigenvalue weighted by Crippen LogP contribution is -2.34. The van der Waals surface area contributed by atoms with Crippen molar-refractivity contribution in [3.63, 3.8) is 0 Å². The van der Waals surface area contributed by atoms with Crippen molar-refractivity contribution in [2.45, 2.75) is 32.2 Å². The summed E-state index contributed by atoms with van der Waals surface area (Å²) in [5.74, 6) is 1.74. The molecule has 0 saturated carbocycles. The average Bonchev–Trinajstić information content (AvgIpc) is 3.32. The minimum atomic E-state index is -0.0106. The normalized spacial score (nSPS) is 11.9. The van der Waals surface area contributed by atoms with Gasteiger partial charge < -0.3 is 14.5 Å². The quantitative estimate of drug-likeness (QED) is 0.649. The molecule has 1 N–H and O–H groups in total. The third-order valence-corrected chi connectivity index (χ3v) is 4.98. The third-order valence-electron chi connectivity index (χ3n) is 4.04. The maximum Gasteiger partial charge on any atom is 0.226 e. The molecule has 3 aromatic rings. The lowest BCUT2D eigenvalue weighted by Gasteiger charge is -2.12. The smallest absolute Gasteiger partial charge is 0.226 e. The first-order valence-corrected chi connectivity index (χ1v) is 9.42. The van der Waals surface area contributed by atoms with Gasteiger partial charge in [-0.25, -0.2) is 4.98 Å². The van der Waals surface area contributed by atoms with Crippen LogP contribution >= 0.6 is 11.3 Å². The third kappa shape index (κ3) is 4.95. The van der Waals surface area contributed by atoms with Gasteiger partial charge >= 0.3 is 0 Å². The largest absolute Gasteiger partial charge is 0.497 e. The number of methoxy groups -OCH3 is 1. The lowest BCUT2D eigenvalue weighted by atomic mass is 10.1. The highest BCUT2D eigenvalue weighted by atomic mass is 32.1. The van der Waals surface area contributed by atoms with E-state index in [9.17, 15) is 4.79 Å². The molecule has 5 nitrogen and oxygen atoms in total. The van der Waals surface area contributed by atoms with Crippen LogP contribution in [0.15, 0.2) is 52.5 Å². The Bertz CT molecular complexity index is 825. The number of benzene rings is 1. The van der Waals surface area contributed by atoms with Crippen LogP contribution in [0.5, 0.6) is 5.75 Å². The highest BCUT2D eigenvalue weighted by Crippen LogP contribution is 2.25. The fourth-order valence-corrected chi connectivity index (χ4v) is 3.46. The number of aromatic nitrogens is 1. The zero-order chi connectivity index (χ0) is 18.4. The predicted octanol–water partition coefficient (Wildman–Crippen LogP) is 4.09. The molecule has 2 aromatic heterocycles. The SMILES string of the molecule is COc1ccc(-c2nc(CC(=O)N[C@@H](C)CCc3ccco3)cs2)cc1. The maximum atomic E-state index is 12.2. The van der Waals surface area contributed by atoms with E-state index in [0.717, 1.165) is 40.6 Å². The van der Waals surface area contributed by atoms with E-state index >= 15 is 0 Å². The summed E-state index contributed by atoms with van der Waals surface area (Å²) in [7, 11) is 1.64. The van der Waals surface area contributed by atoms with Gasteiger partial charge in [-0.05, 0) is 49.7 Å². The fraction of sp³-hybridized carbons (Fsp3) is 0.300. The molecular formula is C20H22N2O3S. The van der Waals surface area contributed by atoms with Gasteiger partial charge in [0.25, 0.3) is 0 Å². The van der Waals surface area contributed by atoms with E-state index in [2.05, 4.69) is 10.3 Å². The van der Waals surface area contributed by atoms with Gasteiger partial charge in [-0.1, -0.05) is 0 Å². The molecule has 26 heavy (non-hydrogen) atoms. The molecule has 3 rings (SSSR count).